The van der Waals surface area contributed by atoms with Gasteiger partial charge in [0.15, 0.2) is 0 Å². The third-order valence-electron chi connectivity index (χ3n) is 7.61. The van der Waals surface area contributed by atoms with Crippen LogP contribution in [0.1, 0.15) is 68.4 Å². The van der Waals surface area contributed by atoms with Crippen molar-refractivity contribution < 1.29 is 9.53 Å². The lowest BCUT2D eigenvalue weighted by Gasteiger charge is -2.25. The van der Waals surface area contributed by atoms with E-state index in [0.29, 0.717) is 30.2 Å². The fraction of sp³-hybridized carbons (Fsp3) is 0.593. The zero-order valence-corrected chi connectivity index (χ0v) is 21.7. The smallest absolute Gasteiger partial charge is 0.259 e. The van der Waals surface area contributed by atoms with Crippen LogP contribution in [0, 0.1) is 6.92 Å². The number of unbranched alkanes of at least 4 members (excludes halogenated alkanes) is 1. The first-order chi connectivity index (χ1) is 16.5. The summed E-state index contributed by atoms with van der Waals surface area (Å²) in [7, 11) is 2.17. The molecule has 0 aliphatic carbocycles. The molecule has 1 amide bonds. The predicted octanol–water partition coefficient (Wildman–Crippen LogP) is 4.54. The Kier molecular flexibility index (Phi) is 9.19. The maximum absolute atomic E-state index is 13.6. The van der Waals surface area contributed by atoms with Crippen molar-refractivity contribution in [2.75, 3.05) is 39.9 Å². The Morgan fingerprint density at radius 3 is 2.69 bits per heavy atom. The molecule has 8 nitrogen and oxygen atoms in total. The van der Waals surface area contributed by atoms with E-state index >= 15 is 0 Å². The third-order valence-corrected chi connectivity index (χ3v) is 7.61. The first-order valence-corrected chi connectivity index (χ1v) is 12.6. The van der Waals surface area contributed by atoms with Gasteiger partial charge in [-0.05, 0) is 63.9 Å². The highest BCUT2D eigenvalue weighted by Crippen LogP contribution is 2.30. The molecule has 5 rings (SSSR count). The Labute approximate surface area is 219 Å². The van der Waals surface area contributed by atoms with Gasteiger partial charge in [-0.2, -0.15) is 5.10 Å². The van der Waals surface area contributed by atoms with Crippen molar-refractivity contribution in [3.63, 3.8) is 0 Å². The van der Waals surface area contributed by atoms with E-state index in [-0.39, 0.29) is 37.3 Å². The van der Waals surface area contributed by atoms with Crippen LogP contribution in [0.15, 0.2) is 23.1 Å². The van der Waals surface area contributed by atoms with Gasteiger partial charge < -0.3 is 19.5 Å². The number of nitrogens with zero attached hydrogens (tertiary/aromatic N) is 4. The molecule has 2 fully saturated rings. The first-order valence-electron chi connectivity index (χ1n) is 12.6. The van der Waals surface area contributed by atoms with Crippen molar-refractivity contribution in [3.05, 3.63) is 39.8 Å². The Hall–Kier alpha value is -2.42. The van der Waals surface area contributed by atoms with Crippen LogP contribution >= 0.6 is 12.4 Å². The summed E-state index contributed by atoms with van der Waals surface area (Å²) < 4.78 is 7.51. The fourth-order valence-corrected chi connectivity index (χ4v) is 5.48. The first kappa shape index (κ1) is 28.2. The highest BCUT2D eigenvalue weighted by atomic mass is 35.5. The number of aryl methyl sites for hydroxylation is 1. The van der Waals surface area contributed by atoms with Gasteiger partial charge in [-0.15, -0.1) is 12.4 Å². The van der Waals surface area contributed by atoms with E-state index < -0.39 is 0 Å². The van der Waals surface area contributed by atoms with Crippen molar-refractivity contribution in [1.29, 1.82) is 0 Å². The molecule has 3 aromatic rings. The molecule has 4 heterocycles. The minimum atomic E-state index is -0.142. The van der Waals surface area contributed by atoms with Crippen LogP contribution in [0.2, 0.25) is 0 Å². The van der Waals surface area contributed by atoms with E-state index in [1.54, 1.807) is 6.20 Å². The van der Waals surface area contributed by atoms with Crippen molar-refractivity contribution in [1.82, 2.24) is 24.6 Å². The minimum absolute atomic E-state index is 0. The van der Waals surface area contributed by atoms with Gasteiger partial charge >= 0.3 is 0 Å². The number of carbonyl (C=O) groups excluding carboxylic acids is 1. The fourth-order valence-electron chi connectivity index (χ4n) is 5.48. The average molecular weight is 518 g/mol. The second kappa shape index (κ2) is 11.8. The summed E-state index contributed by atoms with van der Waals surface area (Å²) in [5.41, 5.74) is 3.01. The standard InChI is InChI=1S/C26H35N5O3.CH4.ClH/c1-4-5-9-29(3)19-6-10-30(16-19)26(33)20-14-21-23(13-17(20)2)28-25(32)22-15-27-31(24(21)22)18-7-11-34-12-8-18;;/h13-15,18-19H,4-12,16H2,1-3H3,(H,28,32);1H4;1H/t19-;;/m1../s1. The molecule has 2 aliphatic rings. The quantitative estimate of drug-likeness (QED) is 0.519. The van der Waals surface area contributed by atoms with Crippen LogP contribution in [0.25, 0.3) is 21.8 Å². The largest absolute Gasteiger partial charge is 0.381 e. The normalized spacial score (nSPS) is 18.6. The van der Waals surface area contributed by atoms with Crippen molar-refractivity contribution >= 4 is 40.1 Å². The summed E-state index contributed by atoms with van der Waals surface area (Å²) in [4.78, 5) is 33.8. The molecule has 1 atom stereocenters. The molecular formula is C27H40ClN5O3. The number of carbonyl (C=O) groups is 1. The van der Waals surface area contributed by atoms with Crippen LogP contribution < -0.4 is 5.56 Å². The second-order valence-corrected chi connectivity index (χ2v) is 9.89. The maximum atomic E-state index is 13.6. The molecule has 2 aliphatic heterocycles. The van der Waals surface area contributed by atoms with Gasteiger partial charge in [-0.3, -0.25) is 14.3 Å². The molecule has 0 spiro atoms. The second-order valence-electron chi connectivity index (χ2n) is 9.89. The summed E-state index contributed by atoms with van der Waals surface area (Å²) in [5, 5.41) is 6.05. The monoisotopic (exact) mass is 517 g/mol. The number of H-pyrrole nitrogens is 1. The van der Waals surface area contributed by atoms with Crippen molar-refractivity contribution in [2.24, 2.45) is 0 Å². The maximum Gasteiger partial charge on any atom is 0.259 e. The van der Waals surface area contributed by atoms with Gasteiger partial charge in [-0.1, -0.05) is 20.8 Å². The molecule has 1 N–H and O–H groups in total. The molecule has 2 saturated heterocycles. The summed E-state index contributed by atoms with van der Waals surface area (Å²) in [6, 6.07) is 4.51. The van der Waals surface area contributed by atoms with E-state index in [4.69, 9.17) is 4.74 Å². The number of hydrogen-bond donors (Lipinski definition) is 1. The van der Waals surface area contributed by atoms with Crippen LogP contribution in [-0.2, 0) is 4.74 Å². The van der Waals surface area contributed by atoms with Crippen molar-refractivity contribution in [2.45, 2.75) is 65.5 Å². The number of fused-ring (bicyclic) bond motifs is 3. The number of likely N-dealkylation sites (N-methyl/N-ethyl adjacent to an activating group) is 1. The molecule has 1 aromatic carbocycles. The van der Waals surface area contributed by atoms with Gasteiger partial charge in [0.25, 0.3) is 11.5 Å². The van der Waals surface area contributed by atoms with Gasteiger partial charge in [0.1, 0.15) is 0 Å². The zero-order valence-electron chi connectivity index (χ0n) is 20.9. The van der Waals surface area contributed by atoms with Gasteiger partial charge in [-0.25, -0.2) is 0 Å². The molecule has 0 unspecified atom stereocenters. The Bertz CT molecular complexity index is 1260. The van der Waals surface area contributed by atoms with E-state index in [1.165, 1.54) is 12.8 Å². The zero-order chi connectivity index (χ0) is 23.8. The van der Waals surface area contributed by atoms with Gasteiger partial charge in [0, 0.05) is 43.3 Å². The van der Waals surface area contributed by atoms with E-state index in [0.717, 1.165) is 60.9 Å². The predicted molar refractivity (Wildman–Crippen MR) is 148 cm³/mol. The van der Waals surface area contributed by atoms with Crippen LogP contribution in [0.5, 0.6) is 0 Å². The lowest BCUT2D eigenvalue weighted by Crippen LogP contribution is -2.37. The lowest BCUT2D eigenvalue weighted by atomic mass is 10.0. The average Bonchev–Trinajstić information content (AvgIpc) is 3.51. The minimum Gasteiger partial charge on any atom is -0.381 e. The molecule has 2 aromatic heterocycles. The lowest BCUT2D eigenvalue weighted by molar-refractivity contribution is 0.0675. The number of halogens is 1. The molecule has 0 saturated carbocycles. The highest BCUT2D eigenvalue weighted by molar-refractivity contribution is 6.07. The van der Waals surface area contributed by atoms with Crippen LogP contribution in [-0.4, -0.2) is 76.4 Å². The molecule has 0 radical (unpaired) electrons. The number of pyridine rings is 1. The number of benzene rings is 1. The number of aromatic nitrogens is 3. The summed E-state index contributed by atoms with van der Waals surface area (Å²) in [6.07, 6.45) is 6.75. The Morgan fingerprint density at radius 2 is 1.97 bits per heavy atom. The highest BCUT2D eigenvalue weighted by Gasteiger charge is 2.30. The van der Waals surface area contributed by atoms with Crippen LogP contribution in [0.4, 0.5) is 0 Å². The molecule has 9 heteroatoms. The third kappa shape index (κ3) is 5.17. The van der Waals surface area contributed by atoms with Gasteiger partial charge in [0.05, 0.1) is 28.7 Å². The SMILES string of the molecule is C.CCCCN(C)[C@@H]1CCN(C(=O)c2cc3c(cc2C)[nH]c(=O)c2cnn(C4CCOCC4)c23)C1.Cl. The number of amides is 1. The Balaban J connectivity index is 0.00000180. The topological polar surface area (TPSA) is 83.5 Å². The van der Waals surface area contributed by atoms with Gasteiger partial charge in [0.2, 0.25) is 0 Å². The van der Waals surface area contributed by atoms with E-state index in [9.17, 15) is 9.59 Å². The summed E-state index contributed by atoms with van der Waals surface area (Å²) >= 11 is 0. The molecule has 0 bridgehead atoms. The number of likely N-dealkylation sites (tertiary alicyclic amines) is 1. The summed E-state index contributed by atoms with van der Waals surface area (Å²) in [5.74, 6) is 0.0715. The number of aromatic amines is 1. The molecular weight excluding hydrogens is 478 g/mol. The summed E-state index contributed by atoms with van der Waals surface area (Å²) in [6.45, 7) is 8.15. The van der Waals surface area contributed by atoms with E-state index in [1.807, 2.05) is 28.6 Å². The van der Waals surface area contributed by atoms with E-state index in [2.05, 4.69) is 29.0 Å². The number of ether oxygens (including phenoxy) is 1. The number of rotatable bonds is 6. The van der Waals surface area contributed by atoms with Crippen LogP contribution in [0.3, 0.4) is 0 Å². The number of hydrogen-bond acceptors (Lipinski definition) is 5. The van der Waals surface area contributed by atoms with Crippen molar-refractivity contribution in [3.8, 4) is 0 Å². The molecule has 198 valence electrons. The number of nitrogens with one attached hydrogen (secondary N) is 1. The molecule has 36 heavy (non-hydrogen) atoms. The Morgan fingerprint density at radius 1 is 1.22 bits per heavy atom.